The third kappa shape index (κ3) is 4.35. The second-order valence-corrected chi connectivity index (χ2v) is 5.41. The molecule has 0 fully saturated rings. The number of rotatable bonds is 7. The van der Waals surface area contributed by atoms with Gasteiger partial charge in [0.1, 0.15) is 11.3 Å². The second kappa shape index (κ2) is 7.49. The zero-order valence-electron chi connectivity index (χ0n) is 13.3. The molecular formula is C20H16O5. The summed E-state index contributed by atoms with van der Waals surface area (Å²) in [5.74, 6) is -0.299. The molecule has 0 aliphatic heterocycles. The fourth-order valence-electron chi connectivity index (χ4n) is 2.32. The van der Waals surface area contributed by atoms with E-state index in [1.54, 1.807) is 30.3 Å². The van der Waals surface area contributed by atoms with Gasteiger partial charge in [-0.3, -0.25) is 9.59 Å². The van der Waals surface area contributed by atoms with Crippen LogP contribution in [-0.4, -0.2) is 23.5 Å². The van der Waals surface area contributed by atoms with Crippen LogP contribution in [0.1, 0.15) is 22.5 Å². The molecule has 0 atom stereocenters. The minimum absolute atomic E-state index is 0.0649. The van der Waals surface area contributed by atoms with Gasteiger partial charge in [0, 0.05) is 5.39 Å². The van der Waals surface area contributed by atoms with Crippen LogP contribution in [0.3, 0.4) is 0 Å². The van der Waals surface area contributed by atoms with Gasteiger partial charge in [-0.05, 0) is 35.9 Å². The van der Waals surface area contributed by atoms with E-state index in [1.165, 1.54) is 6.08 Å². The van der Waals surface area contributed by atoms with Gasteiger partial charge in [-0.2, -0.15) is 0 Å². The van der Waals surface area contributed by atoms with E-state index < -0.39 is 5.97 Å². The predicted molar refractivity (Wildman–Crippen MR) is 93.8 cm³/mol. The number of fused-ring (bicyclic) bond motifs is 1. The van der Waals surface area contributed by atoms with Crippen LogP contribution in [0.2, 0.25) is 0 Å². The summed E-state index contributed by atoms with van der Waals surface area (Å²) >= 11 is 0. The Balaban J connectivity index is 1.68. The van der Waals surface area contributed by atoms with Crippen LogP contribution in [0.15, 0.2) is 65.1 Å². The van der Waals surface area contributed by atoms with E-state index in [-0.39, 0.29) is 24.6 Å². The molecular weight excluding hydrogens is 320 g/mol. The first kappa shape index (κ1) is 16.5. The molecule has 2 aromatic carbocycles. The number of para-hydroxylation sites is 1. The molecule has 5 nitrogen and oxygen atoms in total. The van der Waals surface area contributed by atoms with Crippen LogP contribution in [0.25, 0.3) is 17.0 Å². The SMILES string of the molecule is O=C(O)CCOc1cccc(/C=C/C(=O)c2cc3ccccc3o2)c1. The summed E-state index contributed by atoms with van der Waals surface area (Å²) in [5, 5.41) is 9.50. The van der Waals surface area contributed by atoms with Crippen LogP contribution < -0.4 is 4.74 Å². The molecule has 0 bridgehead atoms. The average molecular weight is 336 g/mol. The van der Waals surface area contributed by atoms with Crippen molar-refractivity contribution in [3.8, 4) is 5.75 Å². The first-order valence-corrected chi connectivity index (χ1v) is 7.77. The third-order valence-corrected chi connectivity index (χ3v) is 3.54. The largest absolute Gasteiger partial charge is 0.493 e. The molecule has 126 valence electrons. The van der Waals surface area contributed by atoms with E-state index >= 15 is 0 Å². The Morgan fingerprint density at radius 1 is 1.08 bits per heavy atom. The van der Waals surface area contributed by atoms with Gasteiger partial charge in [0.2, 0.25) is 5.78 Å². The minimum Gasteiger partial charge on any atom is -0.493 e. The molecule has 0 unspecified atom stereocenters. The molecule has 1 N–H and O–H groups in total. The molecule has 1 aromatic heterocycles. The predicted octanol–water partition coefficient (Wildman–Crippen LogP) is 4.18. The third-order valence-electron chi connectivity index (χ3n) is 3.54. The highest BCUT2D eigenvalue weighted by Crippen LogP contribution is 2.20. The van der Waals surface area contributed by atoms with E-state index in [1.807, 2.05) is 30.3 Å². The topological polar surface area (TPSA) is 76.7 Å². The van der Waals surface area contributed by atoms with Gasteiger partial charge >= 0.3 is 5.97 Å². The van der Waals surface area contributed by atoms with Crippen molar-refractivity contribution in [2.75, 3.05) is 6.61 Å². The smallest absolute Gasteiger partial charge is 0.306 e. The molecule has 0 saturated heterocycles. The average Bonchev–Trinajstić information content (AvgIpc) is 3.04. The highest BCUT2D eigenvalue weighted by molar-refractivity contribution is 6.06. The summed E-state index contributed by atoms with van der Waals surface area (Å²) in [6, 6.07) is 16.2. The quantitative estimate of drug-likeness (QED) is 0.517. The highest BCUT2D eigenvalue weighted by atomic mass is 16.5. The Labute approximate surface area is 144 Å². The minimum atomic E-state index is -0.910. The van der Waals surface area contributed by atoms with E-state index in [2.05, 4.69) is 0 Å². The van der Waals surface area contributed by atoms with Crippen molar-refractivity contribution in [2.24, 2.45) is 0 Å². The maximum absolute atomic E-state index is 12.2. The molecule has 3 aromatic rings. The summed E-state index contributed by atoms with van der Waals surface area (Å²) in [5.41, 5.74) is 1.45. The van der Waals surface area contributed by atoms with Gasteiger partial charge in [-0.25, -0.2) is 0 Å². The summed E-state index contributed by atoms with van der Waals surface area (Å²) in [7, 11) is 0. The number of carboxylic acids is 1. The van der Waals surface area contributed by atoms with Crippen LogP contribution in [0, 0.1) is 0 Å². The van der Waals surface area contributed by atoms with Gasteiger partial charge in [0.25, 0.3) is 0 Å². The van der Waals surface area contributed by atoms with Gasteiger partial charge in [-0.1, -0.05) is 36.4 Å². The van der Waals surface area contributed by atoms with E-state index in [0.29, 0.717) is 11.3 Å². The molecule has 5 heteroatoms. The molecule has 0 spiro atoms. The lowest BCUT2D eigenvalue weighted by Gasteiger charge is -2.04. The van der Waals surface area contributed by atoms with Gasteiger partial charge < -0.3 is 14.3 Å². The molecule has 1 heterocycles. The van der Waals surface area contributed by atoms with Crippen molar-refractivity contribution in [1.82, 2.24) is 0 Å². The van der Waals surface area contributed by atoms with Crippen molar-refractivity contribution < 1.29 is 23.8 Å². The van der Waals surface area contributed by atoms with Crippen molar-refractivity contribution >= 4 is 28.8 Å². The molecule has 0 aliphatic carbocycles. The number of allylic oxidation sites excluding steroid dienone is 1. The number of aliphatic carboxylic acids is 1. The van der Waals surface area contributed by atoms with E-state index in [4.69, 9.17) is 14.3 Å². The lowest BCUT2D eigenvalue weighted by Crippen LogP contribution is -2.04. The molecule has 3 rings (SSSR count). The number of carboxylic acid groups (broad SMARTS) is 1. The lowest BCUT2D eigenvalue weighted by atomic mass is 10.1. The number of carbonyl (C=O) groups is 2. The number of benzene rings is 2. The number of ketones is 1. The highest BCUT2D eigenvalue weighted by Gasteiger charge is 2.09. The summed E-state index contributed by atoms with van der Waals surface area (Å²) in [6.45, 7) is 0.0976. The maximum Gasteiger partial charge on any atom is 0.306 e. The monoisotopic (exact) mass is 336 g/mol. The van der Waals surface area contributed by atoms with Crippen molar-refractivity contribution in [3.63, 3.8) is 0 Å². The van der Waals surface area contributed by atoms with Crippen molar-refractivity contribution in [2.45, 2.75) is 6.42 Å². The van der Waals surface area contributed by atoms with Gasteiger partial charge in [0.15, 0.2) is 5.76 Å². The van der Waals surface area contributed by atoms with Crippen LogP contribution in [0.5, 0.6) is 5.75 Å². The molecule has 0 saturated carbocycles. The van der Waals surface area contributed by atoms with Crippen molar-refractivity contribution in [3.05, 3.63) is 72.0 Å². The Kier molecular flexibility index (Phi) is 4.95. The van der Waals surface area contributed by atoms with Gasteiger partial charge in [-0.15, -0.1) is 0 Å². The van der Waals surface area contributed by atoms with E-state index in [9.17, 15) is 9.59 Å². The van der Waals surface area contributed by atoms with Crippen LogP contribution in [-0.2, 0) is 4.79 Å². The zero-order chi connectivity index (χ0) is 17.6. The normalized spacial score (nSPS) is 11.0. The number of ether oxygens (including phenoxy) is 1. The maximum atomic E-state index is 12.2. The molecule has 0 radical (unpaired) electrons. The van der Waals surface area contributed by atoms with E-state index in [0.717, 1.165) is 10.9 Å². The molecule has 0 aliphatic rings. The van der Waals surface area contributed by atoms with Crippen molar-refractivity contribution in [1.29, 1.82) is 0 Å². The first-order chi connectivity index (χ1) is 12.1. The second-order valence-electron chi connectivity index (χ2n) is 5.41. The summed E-state index contributed by atoms with van der Waals surface area (Å²) in [4.78, 5) is 22.7. The van der Waals surface area contributed by atoms with Gasteiger partial charge in [0.05, 0.1) is 13.0 Å². The Morgan fingerprint density at radius 3 is 2.72 bits per heavy atom. The number of furan rings is 1. The van der Waals surface area contributed by atoms with Crippen LogP contribution in [0.4, 0.5) is 0 Å². The molecule has 0 amide bonds. The fraction of sp³-hybridized carbons (Fsp3) is 0.100. The number of hydrogen-bond acceptors (Lipinski definition) is 4. The number of hydrogen-bond donors (Lipinski definition) is 1. The fourth-order valence-corrected chi connectivity index (χ4v) is 2.32. The summed E-state index contributed by atoms with van der Waals surface area (Å²) in [6.07, 6.45) is 3.04. The Hall–Kier alpha value is -3.34. The zero-order valence-corrected chi connectivity index (χ0v) is 13.3. The van der Waals surface area contributed by atoms with Crippen LogP contribution >= 0.6 is 0 Å². The molecule has 25 heavy (non-hydrogen) atoms. The Morgan fingerprint density at radius 2 is 1.92 bits per heavy atom. The standard InChI is InChI=1S/C20H16O5/c21-17(19-13-15-5-1-2-7-18(15)25-19)9-8-14-4-3-6-16(12-14)24-11-10-20(22)23/h1-9,12-13H,10-11H2,(H,22,23)/b9-8+. The Bertz CT molecular complexity index is 903. The number of carbonyl (C=O) groups excluding carboxylic acids is 1. The first-order valence-electron chi connectivity index (χ1n) is 7.77. The summed E-state index contributed by atoms with van der Waals surface area (Å²) < 4.78 is 10.9. The lowest BCUT2D eigenvalue weighted by molar-refractivity contribution is -0.137.